The first-order valence-corrected chi connectivity index (χ1v) is 7.45. The molecule has 0 radical (unpaired) electrons. The zero-order valence-electron chi connectivity index (χ0n) is 11.7. The molecular weight excluding hydrogens is 207 g/mol. The van der Waals surface area contributed by atoms with Gasteiger partial charge in [-0.1, -0.05) is 44.4 Å². The van der Waals surface area contributed by atoms with Crippen LogP contribution in [0.3, 0.4) is 0 Å². The van der Waals surface area contributed by atoms with E-state index in [-0.39, 0.29) is 0 Å². The van der Waals surface area contributed by atoms with Gasteiger partial charge in [-0.05, 0) is 39.0 Å². The summed E-state index contributed by atoms with van der Waals surface area (Å²) in [6.45, 7) is 6.97. The van der Waals surface area contributed by atoms with Crippen molar-refractivity contribution >= 4 is 6.71 Å². The third-order valence-corrected chi connectivity index (χ3v) is 4.69. The van der Waals surface area contributed by atoms with Crippen molar-refractivity contribution in [2.24, 2.45) is 5.92 Å². The minimum absolute atomic E-state index is 0.479. The molecule has 1 aliphatic heterocycles. The molecule has 2 atom stereocenters. The van der Waals surface area contributed by atoms with Gasteiger partial charge in [0.15, 0.2) is 6.71 Å². The van der Waals surface area contributed by atoms with Gasteiger partial charge >= 0.3 is 0 Å². The Balaban J connectivity index is 1.85. The number of rotatable bonds is 5. The van der Waals surface area contributed by atoms with Crippen LogP contribution in [0.15, 0.2) is 11.5 Å². The lowest BCUT2D eigenvalue weighted by Crippen LogP contribution is -2.41. The summed E-state index contributed by atoms with van der Waals surface area (Å²) in [6.07, 6.45) is 11.5. The fourth-order valence-corrected chi connectivity index (χ4v) is 3.96. The van der Waals surface area contributed by atoms with E-state index in [0.717, 1.165) is 24.9 Å². The normalized spacial score (nSPS) is 30.6. The molecule has 0 aromatic heterocycles. The van der Waals surface area contributed by atoms with Crippen LogP contribution in [-0.2, 0) is 0 Å². The smallest absolute Gasteiger partial charge is 0.174 e. The van der Waals surface area contributed by atoms with Gasteiger partial charge in [0, 0.05) is 0 Å². The second kappa shape index (κ2) is 5.18. The van der Waals surface area contributed by atoms with E-state index < -0.39 is 5.60 Å². The summed E-state index contributed by atoms with van der Waals surface area (Å²) in [7, 11) is 0. The highest BCUT2D eigenvalue weighted by molar-refractivity contribution is 6.72. The van der Waals surface area contributed by atoms with Crippen molar-refractivity contribution in [1.29, 1.82) is 0 Å². The van der Waals surface area contributed by atoms with Crippen LogP contribution in [0.1, 0.15) is 59.3 Å². The molecule has 2 unspecified atom stereocenters. The summed E-state index contributed by atoms with van der Waals surface area (Å²) in [5, 5.41) is 9.76. The number of aliphatic hydroxyl groups is 1. The fourth-order valence-electron chi connectivity index (χ4n) is 3.96. The van der Waals surface area contributed by atoms with E-state index in [1.807, 2.05) is 13.8 Å². The molecule has 1 aliphatic carbocycles. The molecule has 1 heterocycles. The molecular formula is C15H27BO. The van der Waals surface area contributed by atoms with Crippen LogP contribution in [0.2, 0.25) is 12.1 Å². The third kappa shape index (κ3) is 2.96. The van der Waals surface area contributed by atoms with Crippen LogP contribution in [0.25, 0.3) is 0 Å². The van der Waals surface area contributed by atoms with Gasteiger partial charge in [-0.15, -0.1) is 5.47 Å². The van der Waals surface area contributed by atoms with E-state index in [0.29, 0.717) is 0 Å². The Morgan fingerprint density at radius 1 is 1.41 bits per heavy atom. The molecule has 0 bridgehead atoms. The fraction of sp³-hybridized carbons (Fsp3) is 0.867. The predicted octanol–water partition coefficient (Wildman–Crippen LogP) is 4.09. The SMILES string of the molecule is CCC=C1B(CCCC(C)(C)O)C2CCCC12. The lowest BCUT2D eigenvalue weighted by molar-refractivity contribution is 0.0702. The Morgan fingerprint density at radius 2 is 2.18 bits per heavy atom. The molecule has 0 amide bonds. The summed E-state index contributed by atoms with van der Waals surface area (Å²) >= 11 is 0. The molecule has 0 aromatic rings. The molecule has 0 aromatic carbocycles. The van der Waals surface area contributed by atoms with E-state index >= 15 is 0 Å². The summed E-state index contributed by atoms with van der Waals surface area (Å²) < 4.78 is 0. The zero-order chi connectivity index (χ0) is 12.5. The summed E-state index contributed by atoms with van der Waals surface area (Å²) in [6, 6.07) is 0. The van der Waals surface area contributed by atoms with Crippen molar-refractivity contribution in [3.63, 3.8) is 0 Å². The average molecular weight is 234 g/mol. The molecule has 1 nitrogen and oxygen atoms in total. The molecule has 2 heteroatoms. The number of hydrogen-bond donors (Lipinski definition) is 1. The number of allylic oxidation sites excluding steroid dienone is 2. The Morgan fingerprint density at radius 3 is 2.82 bits per heavy atom. The highest BCUT2D eigenvalue weighted by Crippen LogP contribution is 2.56. The maximum atomic E-state index is 9.76. The quantitative estimate of drug-likeness (QED) is 0.710. The van der Waals surface area contributed by atoms with E-state index in [1.54, 1.807) is 5.47 Å². The molecule has 17 heavy (non-hydrogen) atoms. The van der Waals surface area contributed by atoms with Crippen LogP contribution in [0, 0.1) is 5.92 Å². The Hall–Kier alpha value is -0.235. The Bertz CT molecular complexity index is 290. The summed E-state index contributed by atoms with van der Waals surface area (Å²) in [5.74, 6) is 1.94. The van der Waals surface area contributed by atoms with Gasteiger partial charge < -0.3 is 5.11 Å². The monoisotopic (exact) mass is 234 g/mol. The molecule has 96 valence electrons. The maximum Gasteiger partial charge on any atom is 0.174 e. The lowest BCUT2D eigenvalue weighted by Gasteiger charge is -2.42. The molecule has 0 spiro atoms. The average Bonchev–Trinajstić information content (AvgIpc) is 2.64. The van der Waals surface area contributed by atoms with Crippen molar-refractivity contribution in [2.45, 2.75) is 77.0 Å². The van der Waals surface area contributed by atoms with Gasteiger partial charge in [0.25, 0.3) is 0 Å². The second-order valence-corrected chi connectivity index (χ2v) is 6.62. The van der Waals surface area contributed by atoms with Crippen LogP contribution >= 0.6 is 0 Å². The van der Waals surface area contributed by atoms with E-state index in [9.17, 15) is 5.11 Å². The minimum atomic E-state index is -0.479. The van der Waals surface area contributed by atoms with Crippen LogP contribution < -0.4 is 0 Å². The molecule has 1 saturated carbocycles. The van der Waals surface area contributed by atoms with Gasteiger partial charge in [-0.3, -0.25) is 0 Å². The molecule has 2 aliphatic rings. The van der Waals surface area contributed by atoms with Gasteiger partial charge in [0.05, 0.1) is 5.60 Å². The van der Waals surface area contributed by atoms with Crippen LogP contribution in [0.4, 0.5) is 0 Å². The largest absolute Gasteiger partial charge is 0.390 e. The highest BCUT2D eigenvalue weighted by Gasteiger charge is 2.49. The van der Waals surface area contributed by atoms with Gasteiger partial charge in [-0.2, -0.15) is 0 Å². The molecule has 1 saturated heterocycles. The number of hydrogen-bond acceptors (Lipinski definition) is 1. The Labute approximate surface area is 107 Å². The zero-order valence-corrected chi connectivity index (χ0v) is 11.7. The lowest BCUT2D eigenvalue weighted by atomic mass is 9.21. The standard InChI is InChI=1S/C15H27BO/c1-4-7-13-12-8-5-9-14(12)16(13)11-6-10-15(2,3)17/h7,12,14,17H,4-6,8-11H2,1-3H3. The van der Waals surface area contributed by atoms with E-state index in [4.69, 9.17) is 0 Å². The molecule has 2 fully saturated rings. The van der Waals surface area contributed by atoms with Crippen molar-refractivity contribution in [3.8, 4) is 0 Å². The van der Waals surface area contributed by atoms with E-state index in [1.165, 1.54) is 38.4 Å². The van der Waals surface area contributed by atoms with Gasteiger partial charge in [0.2, 0.25) is 0 Å². The van der Waals surface area contributed by atoms with Gasteiger partial charge in [-0.25, -0.2) is 0 Å². The van der Waals surface area contributed by atoms with Crippen molar-refractivity contribution in [2.75, 3.05) is 0 Å². The topological polar surface area (TPSA) is 20.2 Å². The third-order valence-electron chi connectivity index (χ3n) is 4.69. The Kier molecular flexibility index (Phi) is 4.02. The first-order chi connectivity index (χ1) is 8.03. The van der Waals surface area contributed by atoms with Gasteiger partial charge in [0.1, 0.15) is 0 Å². The maximum absolute atomic E-state index is 9.76. The van der Waals surface area contributed by atoms with Crippen molar-refractivity contribution < 1.29 is 5.11 Å². The summed E-state index contributed by atoms with van der Waals surface area (Å²) in [5.41, 5.74) is 1.29. The van der Waals surface area contributed by atoms with Crippen LogP contribution in [0.5, 0.6) is 0 Å². The highest BCUT2D eigenvalue weighted by atomic mass is 16.3. The molecule has 2 rings (SSSR count). The van der Waals surface area contributed by atoms with Crippen LogP contribution in [-0.4, -0.2) is 17.4 Å². The number of fused-ring (bicyclic) bond motifs is 1. The first kappa shape index (κ1) is 13.2. The molecule has 1 N–H and O–H groups in total. The van der Waals surface area contributed by atoms with Crippen molar-refractivity contribution in [3.05, 3.63) is 11.5 Å². The van der Waals surface area contributed by atoms with E-state index in [2.05, 4.69) is 13.0 Å². The first-order valence-electron chi connectivity index (χ1n) is 7.45. The van der Waals surface area contributed by atoms with Crippen molar-refractivity contribution in [1.82, 2.24) is 0 Å². The summed E-state index contributed by atoms with van der Waals surface area (Å²) in [4.78, 5) is 0. The second-order valence-electron chi connectivity index (χ2n) is 6.62. The minimum Gasteiger partial charge on any atom is -0.390 e. The predicted molar refractivity (Wildman–Crippen MR) is 75.6 cm³/mol.